The van der Waals surface area contributed by atoms with E-state index < -0.39 is 10.0 Å². The van der Waals surface area contributed by atoms with E-state index in [1.54, 1.807) is 11.3 Å². The smallest absolute Gasteiger partial charge is 0.214 e. The molecule has 0 saturated heterocycles. The number of hydrogen-bond donors (Lipinski definition) is 1. The molecular formula is C10H17NO3S2. The lowest BCUT2D eigenvalue weighted by Crippen LogP contribution is -2.32. The number of sulfonamides is 1. The number of aliphatic hydroxyl groups excluding tert-OH is 1. The van der Waals surface area contributed by atoms with Crippen LogP contribution in [0, 0.1) is 0 Å². The maximum atomic E-state index is 11.9. The summed E-state index contributed by atoms with van der Waals surface area (Å²) in [7, 11) is -3.23. The first-order valence-corrected chi connectivity index (χ1v) is 7.70. The molecule has 0 aliphatic carbocycles. The Labute approximate surface area is 101 Å². The fraction of sp³-hybridized carbons (Fsp3) is 0.600. The zero-order valence-electron chi connectivity index (χ0n) is 9.30. The van der Waals surface area contributed by atoms with Gasteiger partial charge in [0, 0.05) is 24.6 Å². The fourth-order valence-corrected chi connectivity index (χ4v) is 3.64. The Kier molecular flexibility index (Phi) is 5.40. The van der Waals surface area contributed by atoms with Crippen LogP contribution in [0.4, 0.5) is 0 Å². The van der Waals surface area contributed by atoms with Gasteiger partial charge in [-0.1, -0.05) is 13.0 Å². The molecular weight excluding hydrogens is 246 g/mol. The van der Waals surface area contributed by atoms with Crippen LogP contribution in [0.1, 0.15) is 18.2 Å². The Morgan fingerprint density at radius 2 is 2.25 bits per heavy atom. The molecule has 0 atom stereocenters. The lowest BCUT2D eigenvalue weighted by atomic mass is 10.4. The van der Waals surface area contributed by atoms with Crippen molar-refractivity contribution in [2.24, 2.45) is 0 Å². The summed E-state index contributed by atoms with van der Waals surface area (Å²) in [6.45, 7) is 2.63. The van der Waals surface area contributed by atoms with Crippen molar-refractivity contribution < 1.29 is 13.5 Å². The first kappa shape index (κ1) is 13.6. The molecule has 0 aromatic carbocycles. The van der Waals surface area contributed by atoms with Crippen LogP contribution in [0.5, 0.6) is 0 Å². The highest BCUT2D eigenvalue weighted by Gasteiger charge is 2.20. The van der Waals surface area contributed by atoms with E-state index in [2.05, 4.69) is 0 Å². The molecule has 6 heteroatoms. The molecule has 0 spiro atoms. The average Bonchev–Trinajstić information content (AvgIpc) is 2.75. The lowest BCUT2D eigenvalue weighted by Gasteiger charge is -2.19. The number of nitrogens with zero attached hydrogens (tertiary/aromatic N) is 1. The third kappa shape index (κ3) is 3.86. The van der Waals surface area contributed by atoms with Gasteiger partial charge in [-0.25, -0.2) is 8.42 Å². The highest BCUT2D eigenvalue weighted by Crippen LogP contribution is 2.14. The van der Waals surface area contributed by atoms with E-state index in [0.717, 1.165) is 4.88 Å². The molecule has 1 rings (SSSR count). The Hall–Kier alpha value is -0.430. The summed E-state index contributed by atoms with van der Waals surface area (Å²) >= 11 is 1.55. The summed E-state index contributed by atoms with van der Waals surface area (Å²) < 4.78 is 25.2. The summed E-state index contributed by atoms with van der Waals surface area (Å²) in [5.74, 6) is 0.0166. The first-order valence-electron chi connectivity index (χ1n) is 5.21. The Bertz CT molecular complexity index is 386. The highest BCUT2D eigenvalue weighted by molar-refractivity contribution is 7.89. The van der Waals surface area contributed by atoms with Crippen LogP contribution in [0.15, 0.2) is 17.5 Å². The number of hydrogen-bond acceptors (Lipinski definition) is 4. The second-order valence-corrected chi connectivity index (χ2v) is 6.52. The van der Waals surface area contributed by atoms with E-state index in [1.807, 2.05) is 24.4 Å². The van der Waals surface area contributed by atoms with Gasteiger partial charge in [-0.3, -0.25) is 0 Å². The predicted molar refractivity (Wildman–Crippen MR) is 65.9 cm³/mol. The topological polar surface area (TPSA) is 57.6 Å². The van der Waals surface area contributed by atoms with Gasteiger partial charge in [0.1, 0.15) is 0 Å². The third-order valence-electron chi connectivity index (χ3n) is 2.22. The second-order valence-electron chi connectivity index (χ2n) is 3.40. The minimum Gasteiger partial charge on any atom is -0.396 e. The maximum absolute atomic E-state index is 11.9. The van der Waals surface area contributed by atoms with Crippen LogP contribution in [-0.2, 0) is 16.6 Å². The maximum Gasteiger partial charge on any atom is 0.214 e. The fourth-order valence-electron chi connectivity index (χ4n) is 1.36. The predicted octanol–water partition coefficient (Wildman–Crippen LogP) is 1.28. The largest absolute Gasteiger partial charge is 0.396 e. The van der Waals surface area contributed by atoms with Gasteiger partial charge in [0.25, 0.3) is 0 Å². The third-order valence-corrected chi connectivity index (χ3v) is 5.06. The van der Waals surface area contributed by atoms with Crippen molar-refractivity contribution in [3.8, 4) is 0 Å². The van der Waals surface area contributed by atoms with Crippen LogP contribution >= 0.6 is 11.3 Å². The molecule has 1 aromatic rings. The molecule has 0 aliphatic heterocycles. The van der Waals surface area contributed by atoms with E-state index in [9.17, 15) is 8.42 Å². The van der Waals surface area contributed by atoms with Crippen molar-refractivity contribution >= 4 is 21.4 Å². The van der Waals surface area contributed by atoms with Crippen molar-refractivity contribution in [2.45, 2.75) is 19.9 Å². The Balaban J connectivity index is 2.66. The van der Waals surface area contributed by atoms with Gasteiger partial charge >= 0.3 is 0 Å². The molecule has 92 valence electrons. The average molecular weight is 263 g/mol. The zero-order chi connectivity index (χ0) is 12.0. The van der Waals surface area contributed by atoms with Crippen LogP contribution in [0.2, 0.25) is 0 Å². The van der Waals surface area contributed by atoms with Crippen molar-refractivity contribution in [1.29, 1.82) is 0 Å². The monoisotopic (exact) mass is 263 g/mol. The van der Waals surface area contributed by atoms with Gasteiger partial charge in [0.05, 0.1) is 5.75 Å². The standard InChI is InChI=1S/C10H17NO3S2/c1-2-11(9-10-5-3-7-15-10)16(13,14)8-4-6-12/h3,5,7,12H,2,4,6,8-9H2,1H3. The van der Waals surface area contributed by atoms with Crippen LogP contribution in [0.25, 0.3) is 0 Å². The number of thiophene rings is 1. The minimum absolute atomic E-state index is 0.0166. The van der Waals surface area contributed by atoms with Crippen molar-refractivity contribution in [3.63, 3.8) is 0 Å². The van der Waals surface area contributed by atoms with Crippen LogP contribution in [-0.4, -0.2) is 36.7 Å². The number of rotatable bonds is 7. The van der Waals surface area contributed by atoms with Crippen molar-refractivity contribution in [3.05, 3.63) is 22.4 Å². The molecule has 0 amide bonds. The molecule has 0 unspecified atom stereocenters. The van der Waals surface area contributed by atoms with Crippen molar-refractivity contribution in [1.82, 2.24) is 4.31 Å². The molecule has 1 heterocycles. The van der Waals surface area contributed by atoms with E-state index in [0.29, 0.717) is 19.5 Å². The molecule has 0 radical (unpaired) electrons. The molecule has 1 aromatic heterocycles. The van der Waals surface area contributed by atoms with E-state index in [-0.39, 0.29) is 12.4 Å². The van der Waals surface area contributed by atoms with E-state index >= 15 is 0 Å². The lowest BCUT2D eigenvalue weighted by molar-refractivity contribution is 0.294. The quantitative estimate of drug-likeness (QED) is 0.806. The molecule has 0 saturated carbocycles. The number of aliphatic hydroxyl groups is 1. The Morgan fingerprint density at radius 1 is 1.50 bits per heavy atom. The van der Waals surface area contributed by atoms with Gasteiger partial charge in [-0.15, -0.1) is 11.3 Å². The summed E-state index contributed by atoms with van der Waals surface area (Å²) in [5.41, 5.74) is 0. The summed E-state index contributed by atoms with van der Waals surface area (Å²) in [4.78, 5) is 1.04. The van der Waals surface area contributed by atoms with Gasteiger partial charge in [0.15, 0.2) is 0 Å². The Morgan fingerprint density at radius 3 is 2.75 bits per heavy atom. The zero-order valence-corrected chi connectivity index (χ0v) is 10.9. The van der Waals surface area contributed by atoms with E-state index in [1.165, 1.54) is 4.31 Å². The van der Waals surface area contributed by atoms with Crippen LogP contribution < -0.4 is 0 Å². The minimum atomic E-state index is -3.23. The first-order chi connectivity index (χ1) is 7.60. The molecule has 0 aliphatic rings. The van der Waals surface area contributed by atoms with Gasteiger partial charge in [-0.05, 0) is 17.9 Å². The summed E-state index contributed by atoms with van der Waals surface area (Å²) in [6.07, 6.45) is 0.295. The molecule has 0 bridgehead atoms. The second kappa shape index (κ2) is 6.34. The van der Waals surface area contributed by atoms with E-state index in [4.69, 9.17) is 5.11 Å². The molecule has 4 nitrogen and oxygen atoms in total. The molecule has 0 fully saturated rings. The SMILES string of the molecule is CCN(Cc1cccs1)S(=O)(=O)CCCO. The molecule has 16 heavy (non-hydrogen) atoms. The van der Waals surface area contributed by atoms with Crippen LogP contribution in [0.3, 0.4) is 0 Å². The highest BCUT2D eigenvalue weighted by atomic mass is 32.2. The summed E-state index contributed by atoms with van der Waals surface area (Å²) in [5, 5.41) is 10.6. The normalized spacial score (nSPS) is 12.2. The summed E-state index contributed by atoms with van der Waals surface area (Å²) in [6, 6.07) is 3.84. The van der Waals surface area contributed by atoms with Gasteiger partial charge in [-0.2, -0.15) is 4.31 Å². The molecule has 1 N–H and O–H groups in total. The van der Waals surface area contributed by atoms with Crippen molar-refractivity contribution in [2.75, 3.05) is 18.9 Å². The van der Waals surface area contributed by atoms with Gasteiger partial charge in [0.2, 0.25) is 10.0 Å². The van der Waals surface area contributed by atoms with Gasteiger partial charge < -0.3 is 5.11 Å².